The third-order valence-corrected chi connectivity index (χ3v) is 15.3. The van der Waals surface area contributed by atoms with E-state index in [0.717, 1.165) is 15.6 Å². The molecule has 0 aromatic heterocycles. The zero-order valence-electron chi connectivity index (χ0n) is 24.8. The number of aryl methyl sites for hydroxylation is 6. The van der Waals surface area contributed by atoms with Crippen LogP contribution in [-0.4, -0.2) is 44.0 Å². The second-order valence-corrected chi connectivity index (χ2v) is 17.0. The maximum atomic E-state index is 12.1. The summed E-state index contributed by atoms with van der Waals surface area (Å²) in [5.74, 6) is -0.452. The lowest BCUT2D eigenvalue weighted by atomic mass is 10.2. The molecule has 6 radical (unpaired) electrons. The van der Waals surface area contributed by atoms with Crippen LogP contribution in [0.15, 0.2) is 66.2 Å². The SMILES string of the molecule is CCC(/C=C(\C)C(N)=O)[Si](O[Si]c1ccc(C)cc1C)(O[Si]c1ccc(C)cc1C)O[Si]c1ccc(C)cc1C. The molecule has 1 unspecified atom stereocenters. The topological polar surface area (TPSA) is 70.8 Å². The first-order valence-corrected chi connectivity index (χ1v) is 18.0. The monoisotopic (exact) mass is 601 g/mol. The Balaban J connectivity index is 2.08. The zero-order chi connectivity index (χ0) is 29.4. The number of amides is 1. The minimum Gasteiger partial charge on any atom is -0.411 e. The van der Waals surface area contributed by atoms with Gasteiger partial charge in [0.15, 0.2) is 0 Å². The first-order valence-electron chi connectivity index (χ1n) is 13.5. The van der Waals surface area contributed by atoms with Gasteiger partial charge in [-0.15, -0.1) is 0 Å². The lowest BCUT2D eigenvalue weighted by molar-refractivity contribution is -0.114. The number of primary amides is 1. The van der Waals surface area contributed by atoms with E-state index in [4.69, 9.17) is 18.1 Å². The summed E-state index contributed by atoms with van der Waals surface area (Å²) in [4.78, 5) is 12.1. The Morgan fingerprint density at radius 3 is 1.38 bits per heavy atom. The van der Waals surface area contributed by atoms with Crippen LogP contribution in [0.5, 0.6) is 0 Å². The van der Waals surface area contributed by atoms with Crippen molar-refractivity contribution in [2.24, 2.45) is 5.73 Å². The van der Waals surface area contributed by atoms with E-state index in [-0.39, 0.29) is 34.8 Å². The normalized spacial score (nSPS) is 12.9. The Bertz CT molecular complexity index is 1240. The van der Waals surface area contributed by atoms with E-state index in [9.17, 15) is 4.79 Å². The lowest BCUT2D eigenvalue weighted by Crippen LogP contribution is -2.56. The Hall–Kier alpha value is -2.38. The Labute approximate surface area is 248 Å². The number of carbonyl (C=O) groups is 1. The van der Waals surface area contributed by atoms with Crippen LogP contribution >= 0.6 is 0 Å². The van der Waals surface area contributed by atoms with Gasteiger partial charge in [-0.05, 0) is 87.1 Å². The van der Waals surface area contributed by atoms with Crippen molar-refractivity contribution in [2.45, 2.75) is 67.4 Å². The highest BCUT2D eigenvalue weighted by Crippen LogP contribution is 2.31. The predicted molar refractivity (Wildman–Crippen MR) is 170 cm³/mol. The van der Waals surface area contributed by atoms with Crippen LogP contribution in [0, 0.1) is 41.5 Å². The minimum absolute atomic E-state index is 0.0387. The number of carbonyl (C=O) groups excluding carboxylic acids is 1. The second-order valence-electron chi connectivity index (χ2n) is 10.4. The maximum Gasteiger partial charge on any atom is 0.477 e. The molecular weight excluding hydrogens is 563 g/mol. The van der Waals surface area contributed by atoms with Gasteiger partial charge >= 0.3 is 8.80 Å². The summed E-state index contributed by atoms with van der Waals surface area (Å²) in [6, 6.07) is 19.2. The molecule has 208 valence electrons. The zero-order valence-corrected chi connectivity index (χ0v) is 28.8. The largest absolute Gasteiger partial charge is 0.477 e. The van der Waals surface area contributed by atoms with Crippen LogP contribution in [0.1, 0.15) is 53.6 Å². The van der Waals surface area contributed by atoms with Crippen LogP contribution in [0.2, 0.25) is 5.54 Å². The molecule has 3 rings (SSSR count). The standard InChI is InChI=1S/C31H39NO4Si4/c1-9-27(19-26(8)31(32)33)40(34-37-28-13-10-20(2)16-23(28)5,35-38-29-14-11-21(3)17-24(29)6)36-39-30-15-12-22(4)18-25(30)7/h10-19,27H,9H2,1-8H3,(H2,32,33)/b26-19+. The van der Waals surface area contributed by atoms with Gasteiger partial charge < -0.3 is 18.1 Å². The number of allylic oxidation sites excluding steroid dienone is 1. The van der Waals surface area contributed by atoms with Crippen LogP contribution in [-0.2, 0) is 17.1 Å². The number of benzene rings is 3. The third-order valence-electron chi connectivity index (χ3n) is 6.79. The average molecular weight is 602 g/mol. The van der Waals surface area contributed by atoms with E-state index < -0.39 is 14.7 Å². The van der Waals surface area contributed by atoms with Crippen molar-refractivity contribution in [1.29, 1.82) is 0 Å². The molecule has 3 aromatic carbocycles. The molecular formula is C31H39NO4Si4. The predicted octanol–water partition coefficient (Wildman–Crippen LogP) is 3.87. The second kappa shape index (κ2) is 14.5. The summed E-state index contributed by atoms with van der Waals surface area (Å²) in [6.07, 6.45) is 2.59. The molecule has 40 heavy (non-hydrogen) atoms. The van der Waals surface area contributed by atoms with Crippen molar-refractivity contribution in [3.63, 3.8) is 0 Å². The number of hydrogen-bond donors (Lipinski definition) is 1. The van der Waals surface area contributed by atoms with Crippen molar-refractivity contribution in [1.82, 2.24) is 0 Å². The highest BCUT2D eigenvalue weighted by atomic mass is 28.5. The summed E-state index contributed by atoms with van der Waals surface area (Å²) in [6.45, 7) is 16.4. The fourth-order valence-corrected chi connectivity index (χ4v) is 12.9. The molecule has 0 saturated heterocycles. The van der Waals surface area contributed by atoms with Gasteiger partial charge in [0, 0.05) is 11.1 Å². The van der Waals surface area contributed by atoms with Crippen molar-refractivity contribution >= 4 is 59.6 Å². The first kappa shape index (κ1) is 32.1. The number of nitrogens with two attached hydrogens (primary N) is 1. The summed E-state index contributed by atoms with van der Waals surface area (Å²) >= 11 is 0. The molecule has 0 saturated carbocycles. The van der Waals surface area contributed by atoms with E-state index in [1.54, 1.807) is 6.92 Å². The highest BCUT2D eigenvalue weighted by Gasteiger charge is 2.48. The van der Waals surface area contributed by atoms with Crippen molar-refractivity contribution in [3.8, 4) is 0 Å². The van der Waals surface area contributed by atoms with Crippen LogP contribution in [0.3, 0.4) is 0 Å². The number of rotatable bonds is 13. The van der Waals surface area contributed by atoms with Gasteiger partial charge in [-0.1, -0.05) is 84.3 Å². The third kappa shape index (κ3) is 8.56. The van der Waals surface area contributed by atoms with Gasteiger partial charge in [-0.25, -0.2) is 0 Å². The average Bonchev–Trinajstić information content (AvgIpc) is 2.89. The Kier molecular flexibility index (Phi) is 11.6. The van der Waals surface area contributed by atoms with E-state index in [2.05, 4.69) is 103 Å². The molecule has 0 heterocycles. The molecule has 2 N–H and O–H groups in total. The highest BCUT2D eigenvalue weighted by molar-refractivity contribution is 6.79. The van der Waals surface area contributed by atoms with Crippen molar-refractivity contribution in [2.75, 3.05) is 0 Å². The molecule has 9 heteroatoms. The lowest BCUT2D eigenvalue weighted by Gasteiger charge is -2.35. The van der Waals surface area contributed by atoms with Gasteiger partial charge in [-0.3, -0.25) is 4.79 Å². The van der Waals surface area contributed by atoms with Gasteiger partial charge in [-0.2, -0.15) is 0 Å². The first-order chi connectivity index (χ1) is 18.9. The molecule has 0 aliphatic carbocycles. The molecule has 0 spiro atoms. The van der Waals surface area contributed by atoms with Gasteiger partial charge in [0.25, 0.3) is 29.3 Å². The molecule has 5 nitrogen and oxygen atoms in total. The van der Waals surface area contributed by atoms with Crippen molar-refractivity contribution in [3.05, 3.63) is 99.6 Å². The van der Waals surface area contributed by atoms with E-state index in [1.807, 2.05) is 6.08 Å². The van der Waals surface area contributed by atoms with Gasteiger partial charge in [0.2, 0.25) is 5.91 Å². The summed E-state index contributed by atoms with van der Waals surface area (Å²) in [7, 11) is -3.32. The van der Waals surface area contributed by atoms with E-state index in [1.165, 1.54) is 33.4 Å². The van der Waals surface area contributed by atoms with Crippen LogP contribution in [0.4, 0.5) is 0 Å². The fraction of sp³-hybridized carbons (Fsp3) is 0.323. The minimum atomic E-state index is -3.44. The molecule has 1 amide bonds. The summed E-state index contributed by atoms with van der Waals surface area (Å²) in [5, 5.41) is 3.35. The van der Waals surface area contributed by atoms with Gasteiger partial charge in [0.05, 0.1) is 0 Å². The molecule has 0 bridgehead atoms. The molecule has 1 atom stereocenters. The molecule has 0 aliphatic rings. The number of hydrogen-bond acceptors (Lipinski definition) is 4. The Morgan fingerprint density at radius 1 is 0.750 bits per heavy atom. The fourth-order valence-electron chi connectivity index (χ4n) is 4.31. The van der Waals surface area contributed by atoms with Gasteiger partial charge in [0.1, 0.15) is 0 Å². The van der Waals surface area contributed by atoms with Crippen LogP contribution < -0.4 is 21.3 Å². The maximum absolute atomic E-state index is 12.1. The quantitative estimate of drug-likeness (QED) is 0.239. The summed E-state index contributed by atoms with van der Waals surface area (Å²) in [5.41, 5.74) is 13.1. The molecule has 0 fully saturated rings. The molecule has 0 aliphatic heterocycles. The van der Waals surface area contributed by atoms with E-state index in [0.29, 0.717) is 12.0 Å². The Morgan fingerprint density at radius 2 is 1.10 bits per heavy atom. The van der Waals surface area contributed by atoms with Crippen molar-refractivity contribution < 1.29 is 17.1 Å². The molecule has 3 aromatic rings. The van der Waals surface area contributed by atoms with Crippen LogP contribution in [0.25, 0.3) is 0 Å². The smallest absolute Gasteiger partial charge is 0.411 e. The van der Waals surface area contributed by atoms with E-state index >= 15 is 0 Å². The summed E-state index contributed by atoms with van der Waals surface area (Å²) < 4.78 is 20.6.